The summed E-state index contributed by atoms with van der Waals surface area (Å²) in [5.41, 5.74) is 6.92. The van der Waals surface area contributed by atoms with Crippen LogP contribution < -0.4 is 11.3 Å². The van der Waals surface area contributed by atoms with Crippen molar-refractivity contribution in [3.05, 3.63) is 58.2 Å². The van der Waals surface area contributed by atoms with Gasteiger partial charge in [-0.05, 0) is 28.8 Å². The van der Waals surface area contributed by atoms with Crippen molar-refractivity contribution in [2.45, 2.75) is 18.0 Å². The number of benzene rings is 2. The zero-order chi connectivity index (χ0) is 18.8. The summed E-state index contributed by atoms with van der Waals surface area (Å²) in [5.74, 6) is 0.367. The minimum absolute atomic E-state index is 0.137. The molecule has 0 aliphatic heterocycles. The predicted molar refractivity (Wildman–Crippen MR) is 112 cm³/mol. The van der Waals surface area contributed by atoms with E-state index in [0.29, 0.717) is 29.1 Å². The zero-order valence-electron chi connectivity index (χ0n) is 14.4. The highest BCUT2D eigenvalue weighted by Crippen LogP contribution is 2.33. The number of amides is 1. The van der Waals surface area contributed by atoms with Gasteiger partial charge in [-0.1, -0.05) is 48.2 Å². The van der Waals surface area contributed by atoms with E-state index >= 15 is 0 Å². The van der Waals surface area contributed by atoms with Crippen LogP contribution in [0.2, 0.25) is 0 Å². The van der Waals surface area contributed by atoms with Crippen molar-refractivity contribution in [3.8, 4) is 11.1 Å². The Labute approximate surface area is 163 Å². The number of primary amides is 1. The first kappa shape index (κ1) is 17.8. The average molecular weight is 396 g/mol. The Morgan fingerprint density at radius 1 is 1.19 bits per heavy atom. The molecule has 27 heavy (non-hydrogen) atoms. The summed E-state index contributed by atoms with van der Waals surface area (Å²) in [5, 5.41) is 5.49. The Morgan fingerprint density at radius 2 is 2.00 bits per heavy atom. The lowest BCUT2D eigenvalue weighted by Gasteiger charge is -2.04. The van der Waals surface area contributed by atoms with E-state index in [1.807, 2.05) is 23.6 Å². The number of aromatic nitrogens is 2. The molecule has 0 fully saturated rings. The molecular weight excluding hydrogens is 378 g/mol. The Balaban J connectivity index is 1.66. The predicted octanol–water partition coefficient (Wildman–Crippen LogP) is 4.16. The van der Waals surface area contributed by atoms with Crippen molar-refractivity contribution in [2.75, 3.05) is 5.75 Å². The second-order valence-corrected chi connectivity index (χ2v) is 8.12. The second kappa shape index (κ2) is 7.54. The maximum Gasteiger partial charge on any atom is 0.260 e. The summed E-state index contributed by atoms with van der Waals surface area (Å²) < 4.78 is 0. The van der Waals surface area contributed by atoms with Gasteiger partial charge in [0.15, 0.2) is 5.16 Å². The molecule has 5 nitrogen and oxygen atoms in total. The van der Waals surface area contributed by atoms with Crippen LogP contribution in [0.3, 0.4) is 0 Å². The fourth-order valence-corrected chi connectivity index (χ4v) is 4.79. The number of H-pyrrole nitrogens is 1. The van der Waals surface area contributed by atoms with E-state index < -0.39 is 0 Å². The molecule has 0 radical (unpaired) electrons. The van der Waals surface area contributed by atoms with Gasteiger partial charge in [-0.3, -0.25) is 9.59 Å². The van der Waals surface area contributed by atoms with Crippen LogP contribution in [0.1, 0.15) is 12.8 Å². The summed E-state index contributed by atoms with van der Waals surface area (Å²) >= 11 is 2.90. The lowest BCUT2D eigenvalue weighted by Crippen LogP contribution is -2.11. The molecule has 0 atom stereocenters. The summed E-state index contributed by atoms with van der Waals surface area (Å²) in [7, 11) is 0. The van der Waals surface area contributed by atoms with Crippen LogP contribution in [0.25, 0.3) is 32.1 Å². The molecule has 0 saturated carbocycles. The number of nitrogens with two attached hydrogens (primary N) is 1. The van der Waals surface area contributed by atoms with Gasteiger partial charge >= 0.3 is 0 Å². The number of rotatable bonds is 6. The van der Waals surface area contributed by atoms with Crippen molar-refractivity contribution >= 4 is 50.0 Å². The van der Waals surface area contributed by atoms with E-state index in [-0.39, 0.29) is 11.5 Å². The molecule has 0 bridgehead atoms. The fourth-order valence-electron chi connectivity index (χ4n) is 2.98. The number of carbonyl (C=O) groups is 1. The Hall–Kier alpha value is -2.64. The Bertz CT molecular complexity index is 1200. The van der Waals surface area contributed by atoms with E-state index in [1.54, 1.807) is 0 Å². The van der Waals surface area contributed by atoms with Crippen LogP contribution in [0.15, 0.2) is 57.8 Å². The van der Waals surface area contributed by atoms with Crippen molar-refractivity contribution in [1.82, 2.24) is 9.97 Å². The van der Waals surface area contributed by atoms with Crippen LogP contribution in [0.5, 0.6) is 0 Å². The third-order valence-corrected chi connectivity index (χ3v) is 6.12. The quantitative estimate of drug-likeness (QED) is 0.291. The highest BCUT2D eigenvalue weighted by Gasteiger charge is 2.13. The molecule has 2 aromatic heterocycles. The average Bonchev–Trinajstić information content (AvgIpc) is 3.09. The molecule has 0 saturated heterocycles. The van der Waals surface area contributed by atoms with E-state index in [4.69, 9.17) is 5.73 Å². The first-order valence-corrected chi connectivity index (χ1v) is 10.4. The Morgan fingerprint density at radius 3 is 2.81 bits per heavy atom. The number of thioether (sulfide) groups is 1. The molecule has 0 unspecified atom stereocenters. The number of nitrogens with zero attached hydrogens (tertiary/aromatic N) is 1. The summed E-state index contributed by atoms with van der Waals surface area (Å²) in [6.45, 7) is 0. The van der Waals surface area contributed by atoms with Crippen LogP contribution in [-0.4, -0.2) is 21.6 Å². The maximum atomic E-state index is 12.7. The van der Waals surface area contributed by atoms with Crippen LogP contribution in [-0.2, 0) is 4.79 Å². The van der Waals surface area contributed by atoms with Gasteiger partial charge in [0.25, 0.3) is 5.56 Å². The van der Waals surface area contributed by atoms with Gasteiger partial charge in [-0.15, -0.1) is 11.3 Å². The maximum absolute atomic E-state index is 12.7. The molecule has 2 aromatic carbocycles. The van der Waals surface area contributed by atoms with Gasteiger partial charge in [-0.2, -0.15) is 0 Å². The van der Waals surface area contributed by atoms with Gasteiger partial charge in [0.2, 0.25) is 5.91 Å². The molecule has 3 N–H and O–H groups in total. The van der Waals surface area contributed by atoms with Crippen molar-refractivity contribution in [3.63, 3.8) is 0 Å². The molecule has 4 aromatic rings. The van der Waals surface area contributed by atoms with Crippen LogP contribution in [0, 0.1) is 0 Å². The Kier molecular flexibility index (Phi) is 4.96. The molecule has 0 aliphatic carbocycles. The third kappa shape index (κ3) is 3.74. The normalized spacial score (nSPS) is 11.3. The van der Waals surface area contributed by atoms with Crippen molar-refractivity contribution in [1.29, 1.82) is 0 Å². The summed E-state index contributed by atoms with van der Waals surface area (Å²) in [4.78, 5) is 31.6. The SMILES string of the molecule is NC(=O)CCCSc1nc2scc(-c3ccc4ccccc4c3)c2c(=O)[nH]1. The van der Waals surface area contributed by atoms with Gasteiger partial charge < -0.3 is 10.7 Å². The highest BCUT2D eigenvalue weighted by atomic mass is 32.2. The minimum atomic E-state index is -0.314. The molecular formula is C20H17N3O2S2. The van der Waals surface area contributed by atoms with Crippen LogP contribution >= 0.6 is 23.1 Å². The minimum Gasteiger partial charge on any atom is -0.370 e. The second-order valence-electron chi connectivity index (χ2n) is 6.18. The number of nitrogens with one attached hydrogen (secondary N) is 1. The number of fused-ring (bicyclic) bond motifs is 2. The molecule has 7 heteroatoms. The molecule has 136 valence electrons. The van der Waals surface area contributed by atoms with E-state index in [9.17, 15) is 9.59 Å². The molecule has 1 amide bonds. The highest BCUT2D eigenvalue weighted by molar-refractivity contribution is 7.99. The topological polar surface area (TPSA) is 88.8 Å². The fraction of sp³-hybridized carbons (Fsp3) is 0.150. The first-order chi connectivity index (χ1) is 13.1. The molecule has 4 rings (SSSR count). The van der Waals surface area contributed by atoms with E-state index in [0.717, 1.165) is 21.3 Å². The van der Waals surface area contributed by atoms with Crippen molar-refractivity contribution in [2.24, 2.45) is 5.73 Å². The molecule has 2 heterocycles. The summed E-state index contributed by atoms with van der Waals surface area (Å²) in [6, 6.07) is 14.4. The van der Waals surface area contributed by atoms with E-state index in [2.05, 4.69) is 34.2 Å². The van der Waals surface area contributed by atoms with Gasteiger partial charge in [0.05, 0.1) is 5.39 Å². The van der Waals surface area contributed by atoms with Gasteiger partial charge in [-0.25, -0.2) is 4.98 Å². The largest absolute Gasteiger partial charge is 0.370 e. The molecule has 0 spiro atoms. The number of hydrogen-bond acceptors (Lipinski definition) is 5. The van der Waals surface area contributed by atoms with Crippen molar-refractivity contribution < 1.29 is 4.79 Å². The number of carbonyl (C=O) groups excluding carboxylic acids is 1. The lowest BCUT2D eigenvalue weighted by molar-refractivity contribution is -0.118. The van der Waals surface area contributed by atoms with Gasteiger partial charge in [0.1, 0.15) is 4.83 Å². The van der Waals surface area contributed by atoms with E-state index in [1.165, 1.54) is 28.5 Å². The third-order valence-electron chi connectivity index (χ3n) is 4.29. The zero-order valence-corrected chi connectivity index (χ0v) is 16.0. The number of hydrogen-bond donors (Lipinski definition) is 2. The number of aromatic amines is 1. The van der Waals surface area contributed by atoms with Crippen LogP contribution in [0.4, 0.5) is 0 Å². The standard InChI is InChI=1S/C20H17N3O2S2/c21-16(24)6-3-9-26-20-22-18(25)17-15(11-27-19(17)23-20)14-8-7-12-4-1-2-5-13(12)10-14/h1-2,4-5,7-8,10-11H,3,6,9H2,(H2,21,24)(H,22,23,25). The van der Waals surface area contributed by atoms with Gasteiger partial charge in [0, 0.05) is 23.1 Å². The molecule has 0 aliphatic rings. The monoisotopic (exact) mass is 395 g/mol. The lowest BCUT2D eigenvalue weighted by atomic mass is 10.0. The number of thiophene rings is 1. The summed E-state index contributed by atoms with van der Waals surface area (Å²) in [6.07, 6.45) is 0.999. The first-order valence-electron chi connectivity index (χ1n) is 8.53. The smallest absolute Gasteiger partial charge is 0.260 e.